The van der Waals surface area contributed by atoms with Gasteiger partial charge in [-0.15, -0.1) is 0 Å². The lowest BCUT2D eigenvalue weighted by atomic mass is 9.95. The van der Waals surface area contributed by atoms with Crippen molar-refractivity contribution in [3.05, 3.63) is 201 Å². The Morgan fingerprint density at radius 3 is 1.28 bits per heavy atom. The van der Waals surface area contributed by atoms with Crippen LogP contribution in [0.4, 0.5) is 38.0 Å². The minimum Gasteiger partial charge on any atom is -0.444 e. The molecule has 2 amide bonds. The number of nitriles is 3. The van der Waals surface area contributed by atoms with Gasteiger partial charge in [-0.1, -0.05) is 52.3 Å². The van der Waals surface area contributed by atoms with E-state index in [2.05, 4.69) is 199 Å². The predicted octanol–water partition coefficient (Wildman–Crippen LogP) is 13.3. The Morgan fingerprint density at radius 1 is 0.421 bits per heavy atom. The van der Waals surface area contributed by atoms with E-state index in [0.29, 0.717) is 79.1 Å². The second kappa shape index (κ2) is 34.1. The second-order valence-electron chi connectivity index (χ2n) is 33.9. The highest BCUT2D eigenvalue weighted by Gasteiger charge is 2.41. The average Bonchev–Trinajstić information content (AvgIpc) is 0.769. The number of carbonyl (C=O) groups is 2. The van der Waals surface area contributed by atoms with Crippen LogP contribution in [0, 0.1) is 34.0 Å². The van der Waals surface area contributed by atoms with E-state index in [1.54, 1.807) is 23.5 Å². The first-order chi connectivity index (χ1) is 55.1. The Hall–Kier alpha value is -10.2. The molecule has 6 atom stereocenters. The molecule has 12 heterocycles. The van der Waals surface area contributed by atoms with E-state index < -0.39 is 11.2 Å². The molecular weight excluding hydrogens is 1490 g/mol. The molecule has 0 bridgehead atoms. The maximum atomic E-state index is 12.7. The van der Waals surface area contributed by atoms with Crippen molar-refractivity contribution in [2.45, 2.75) is 149 Å². The number of benzene rings is 6. The minimum absolute atomic E-state index is 0.229. The number of carbonyl (C=O) groups excluding carboxylic acids is 2. The molecule has 2 N–H and O–H groups in total. The van der Waals surface area contributed by atoms with Crippen molar-refractivity contribution in [3.8, 4) is 18.2 Å². The third-order valence-electron chi connectivity index (χ3n) is 24.1. The molecule has 22 nitrogen and oxygen atoms in total. The van der Waals surface area contributed by atoms with Gasteiger partial charge in [-0.2, -0.15) is 15.8 Å². The Labute approximate surface area is 679 Å². The number of ether oxygens (including phenoxy) is 2. The average molecular weight is 1600 g/mol. The van der Waals surface area contributed by atoms with E-state index in [9.17, 15) is 25.4 Å². The van der Waals surface area contributed by atoms with Gasteiger partial charge in [0.2, 0.25) is 0 Å². The zero-order valence-electron chi connectivity index (χ0n) is 67.5. The molecule has 9 aliphatic heterocycles. The van der Waals surface area contributed by atoms with E-state index in [1.807, 2.05) is 95.0 Å². The minimum atomic E-state index is -0.496. The molecule has 6 fully saturated rings. The van der Waals surface area contributed by atoms with Crippen molar-refractivity contribution >= 4 is 89.3 Å². The quantitative estimate of drug-likeness (QED) is 0.164. The highest BCUT2D eigenvalue weighted by atomic mass is 79.9. The van der Waals surface area contributed by atoms with Crippen LogP contribution in [0.15, 0.2) is 150 Å². The van der Waals surface area contributed by atoms with Crippen LogP contribution in [-0.2, 0) is 48.4 Å². The van der Waals surface area contributed by atoms with E-state index in [1.165, 1.54) is 56.1 Å². The molecule has 114 heavy (non-hydrogen) atoms. The lowest BCUT2D eigenvalue weighted by Crippen LogP contribution is -2.65. The van der Waals surface area contributed by atoms with E-state index in [4.69, 9.17) is 9.47 Å². The van der Waals surface area contributed by atoms with Gasteiger partial charge in [0.25, 0.3) is 0 Å². The Morgan fingerprint density at radius 2 is 0.825 bits per heavy atom. The summed E-state index contributed by atoms with van der Waals surface area (Å²) in [6.45, 7) is 38.5. The number of amides is 2. The van der Waals surface area contributed by atoms with Crippen LogP contribution in [-0.4, -0.2) is 217 Å². The summed E-state index contributed by atoms with van der Waals surface area (Å²) in [7, 11) is 0. The van der Waals surface area contributed by atoms with Crippen LogP contribution in [0.2, 0.25) is 0 Å². The Kier molecular flexibility index (Phi) is 23.7. The number of piperazine rings is 6. The molecule has 6 aromatic carbocycles. The van der Waals surface area contributed by atoms with Crippen LogP contribution in [0.25, 0.3) is 32.7 Å². The van der Waals surface area contributed by atoms with Gasteiger partial charge >= 0.3 is 12.2 Å². The maximum absolute atomic E-state index is 12.7. The van der Waals surface area contributed by atoms with Gasteiger partial charge in [0.15, 0.2) is 0 Å². The summed E-state index contributed by atoms with van der Waals surface area (Å²) in [6, 6.07) is 53.4. The van der Waals surface area contributed by atoms with Crippen LogP contribution in [0.1, 0.15) is 112 Å². The lowest BCUT2D eigenvalue weighted by molar-refractivity contribution is 0.0214. The van der Waals surface area contributed by atoms with E-state index >= 15 is 0 Å². The van der Waals surface area contributed by atoms with Crippen molar-refractivity contribution in [1.82, 2.24) is 50.1 Å². The molecule has 3 aromatic heterocycles. The molecule has 18 rings (SSSR count). The highest BCUT2D eigenvalue weighted by Crippen LogP contribution is 2.39. The lowest BCUT2D eigenvalue weighted by Gasteiger charge is -2.52. The first-order valence-corrected chi connectivity index (χ1v) is 41.6. The number of aromatic nitrogens is 3. The summed E-state index contributed by atoms with van der Waals surface area (Å²) in [5.74, 6) is 0. The fraction of sp³-hybridized carbons (Fsp3) is 0.451. The number of halogens is 1. The smallest absolute Gasteiger partial charge is 0.410 e. The largest absolute Gasteiger partial charge is 0.444 e. The molecule has 9 aromatic rings. The molecular formula is C91H107BrN18O4. The summed E-state index contributed by atoms with van der Waals surface area (Å²) >= 11 is 3.55. The van der Waals surface area contributed by atoms with Crippen molar-refractivity contribution in [2.75, 3.05) is 142 Å². The molecule has 23 heteroatoms. The second-order valence-corrected chi connectivity index (χ2v) is 34.8. The van der Waals surface area contributed by atoms with Gasteiger partial charge < -0.3 is 54.4 Å². The molecule has 0 radical (unpaired) electrons. The van der Waals surface area contributed by atoms with Crippen LogP contribution < -0.4 is 35.1 Å². The number of hydrogen-bond donors (Lipinski definition) is 2. The predicted molar refractivity (Wildman–Crippen MR) is 456 cm³/mol. The SMILES string of the molecule is CC(C)(C)OC(=O)N1CCc2c(Br)cccc2C1.C[C@@H]1CN(c2ccc(C#N)c3ncccc23)C[C@@H]2CN(c3cccc4c3CCN(C(=O)OC(C)(C)C)C4)CCN21.C[C@@H]1CN(c2ccc(C#N)c3ncccc23)C[C@@H]2CN(c3cccc4c3CCNC4)CCN21.C[C@@H]1CN(c2ccc(C#N)c3ncccc23)C[C@@H]2CNCCN21. The number of nitrogens with zero attached hydrogens (tertiary/aromatic N) is 16. The normalized spacial score (nSPS) is 21.7. The standard InChI is InChI=1S/C32H38N6O2.C27H30N6.C18H21N5.C14H18BrNO2/c1-22-18-37(29-11-10-23(17-33)30-27(29)8-6-13-34-30)21-25-20-35(15-16-38(22)25)28-9-5-7-24-19-36(14-12-26(24)28)31(39)40-32(2,3)4;1-19-16-32(26-8-7-20(14-28)27-24(26)5-3-10-30-27)18-22-17-31(12-13-33(19)22)25-6-2-4-21-15-29-11-9-23(21)25;1-13-11-22(12-15-10-20-7-8-23(13)15)17-5-4-14(9-19)18-16(17)3-2-6-21-18;1-14(2,3)18-13(17)16-8-7-11-10(9-16)5-4-6-12(11)15/h5-11,13,22,25H,12,14-16,18-21H2,1-4H3;2-8,10,19,22,29H,9,11-13,15-18H2,1H3;2-6,13,15,20H,7-8,10-12H2,1H3;4-6H,7-9H2,1-3H3/t22-,25+;19-,22+;13-,15+;/m111./s1. The zero-order valence-corrected chi connectivity index (χ0v) is 69.0. The van der Waals surface area contributed by atoms with E-state index in [0.717, 1.165) is 173 Å². The fourth-order valence-corrected chi connectivity index (χ4v) is 19.4. The number of fused-ring (bicyclic) bond motifs is 9. The van der Waals surface area contributed by atoms with Crippen molar-refractivity contribution in [2.24, 2.45) is 0 Å². The number of anilines is 5. The molecule has 6 saturated heterocycles. The highest BCUT2D eigenvalue weighted by molar-refractivity contribution is 9.10. The molecule has 9 aliphatic rings. The van der Waals surface area contributed by atoms with Crippen LogP contribution in [0.5, 0.6) is 0 Å². The number of pyridine rings is 3. The summed E-state index contributed by atoms with van der Waals surface area (Å²) in [6.07, 6.45) is 7.66. The Bertz CT molecular complexity index is 5160. The fourth-order valence-electron chi connectivity index (χ4n) is 18.8. The first-order valence-electron chi connectivity index (χ1n) is 40.8. The van der Waals surface area contributed by atoms with Gasteiger partial charge in [-0.25, -0.2) is 9.59 Å². The molecule has 0 aliphatic carbocycles. The summed E-state index contributed by atoms with van der Waals surface area (Å²) in [5, 5.41) is 38.7. The monoisotopic (exact) mass is 1590 g/mol. The van der Waals surface area contributed by atoms with Crippen LogP contribution >= 0.6 is 15.9 Å². The van der Waals surface area contributed by atoms with Gasteiger partial charge in [0.1, 0.15) is 29.4 Å². The summed E-state index contributed by atoms with van der Waals surface area (Å²) in [5.41, 5.74) is 17.7. The summed E-state index contributed by atoms with van der Waals surface area (Å²) in [4.78, 5) is 62.4. The van der Waals surface area contributed by atoms with Gasteiger partial charge in [0.05, 0.1) is 33.2 Å². The van der Waals surface area contributed by atoms with Gasteiger partial charge in [0, 0.05) is 235 Å². The summed E-state index contributed by atoms with van der Waals surface area (Å²) < 4.78 is 12.2. The molecule has 0 spiro atoms. The molecule has 0 saturated carbocycles. The van der Waals surface area contributed by atoms with Crippen molar-refractivity contribution in [3.63, 3.8) is 0 Å². The van der Waals surface area contributed by atoms with Gasteiger partial charge in [-0.05, 0) is 212 Å². The maximum Gasteiger partial charge on any atom is 0.410 e. The number of nitrogens with one attached hydrogen (secondary N) is 2. The van der Waals surface area contributed by atoms with Crippen molar-refractivity contribution < 1.29 is 19.1 Å². The third kappa shape index (κ3) is 17.1. The zero-order chi connectivity index (χ0) is 79.5. The topological polar surface area (TPSA) is 219 Å². The third-order valence-corrected chi connectivity index (χ3v) is 24.8. The van der Waals surface area contributed by atoms with E-state index in [-0.39, 0.29) is 12.2 Å². The number of rotatable bonds is 5. The molecule has 0 unspecified atom stereocenters. The number of hydrogen-bond acceptors (Lipinski definition) is 20. The van der Waals surface area contributed by atoms with Crippen molar-refractivity contribution in [1.29, 1.82) is 15.8 Å². The Balaban J connectivity index is 0.000000125. The van der Waals surface area contributed by atoms with Crippen LogP contribution in [0.3, 0.4) is 0 Å². The first kappa shape index (κ1) is 79.1. The van der Waals surface area contributed by atoms with Gasteiger partial charge in [-0.3, -0.25) is 29.7 Å². The molecule has 592 valence electrons.